The van der Waals surface area contributed by atoms with E-state index in [9.17, 15) is 9.59 Å². The number of likely N-dealkylation sites (tertiary alicyclic amines) is 1. The van der Waals surface area contributed by atoms with Gasteiger partial charge in [-0.05, 0) is 48.1 Å². The number of nitrogens with zero attached hydrogens (tertiary/aromatic N) is 3. The van der Waals surface area contributed by atoms with Crippen LogP contribution in [0.1, 0.15) is 39.2 Å². The van der Waals surface area contributed by atoms with E-state index in [0.717, 1.165) is 36.1 Å². The molecule has 1 aromatic heterocycles. The van der Waals surface area contributed by atoms with Gasteiger partial charge in [-0.2, -0.15) is 0 Å². The molecule has 0 saturated carbocycles. The summed E-state index contributed by atoms with van der Waals surface area (Å²) in [5.74, 6) is 0.221. The van der Waals surface area contributed by atoms with E-state index < -0.39 is 10.8 Å². The highest BCUT2D eigenvalue weighted by molar-refractivity contribution is 5.86. The molecule has 1 fully saturated rings. The summed E-state index contributed by atoms with van der Waals surface area (Å²) in [6.07, 6.45) is 5.85. The Morgan fingerprint density at radius 2 is 1.63 bits per heavy atom. The number of carbonyl (C=O) groups excluding carboxylic acids is 2. The van der Waals surface area contributed by atoms with Gasteiger partial charge in [0.1, 0.15) is 0 Å². The van der Waals surface area contributed by atoms with Crippen LogP contribution in [0.4, 0.5) is 0 Å². The van der Waals surface area contributed by atoms with E-state index in [4.69, 9.17) is 0 Å². The summed E-state index contributed by atoms with van der Waals surface area (Å²) in [6.45, 7) is 7.03. The molecule has 2 aromatic rings. The van der Waals surface area contributed by atoms with Crippen molar-refractivity contribution in [1.29, 1.82) is 0 Å². The summed E-state index contributed by atoms with van der Waals surface area (Å²) in [6, 6.07) is 12.4. The molecule has 3 rings (SSSR count). The number of piperidine rings is 1. The fraction of sp³-hybridized carbons (Fsp3) is 0.480. The van der Waals surface area contributed by atoms with Gasteiger partial charge in [-0.3, -0.25) is 14.6 Å². The first-order valence-corrected chi connectivity index (χ1v) is 10.6. The third-order valence-corrected chi connectivity index (χ3v) is 5.88. The minimum atomic E-state index is -0.582. The van der Waals surface area contributed by atoms with Gasteiger partial charge in [-0.15, -0.1) is 0 Å². The number of benzene rings is 1. The predicted molar refractivity (Wildman–Crippen MR) is 120 cm³/mol. The van der Waals surface area contributed by atoms with Gasteiger partial charge in [-0.1, -0.05) is 45.0 Å². The molecule has 1 saturated heterocycles. The second-order valence-electron chi connectivity index (χ2n) is 9.67. The van der Waals surface area contributed by atoms with Crippen molar-refractivity contribution in [3.05, 3.63) is 54.4 Å². The Hall–Kier alpha value is -2.69. The highest BCUT2D eigenvalue weighted by Crippen LogP contribution is 2.37. The lowest BCUT2D eigenvalue weighted by molar-refractivity contribution is -0.150. The van der Waals surface area contributed by atoms with Crippen LogP contribution in [0, 0.1) is 10.8 Å². The van der Waals surface area contributed by atoms with Crippen LogP contribution in [-0.4, -0.2) is 53.8 Å². The van der Waals surface area contributed by atoms with Crippen LogP contribution >= 0.6 is 0 Å². The van der Waals surface area contributed by atoms with Crippen molar-refractivity contribution in [3.8, 4) is 11.1 Å². The molecule has 30 heavy (non-hydrogen) atoms. The largest absolute Gasteiger partial charge is 0.348 e. The highest BCUT2D eigenvalue weighted by atomic mass is 16.2. The third kappa shape index (κ3) is 4.72. The predicted octanol–water partition coefficient (Wildman–Crippen LogP) is 4.03. The van der Waals surface area contributed by atoms with E-state index in [1.54, 1.807) is 31.4 Å². The molecule has 2 amide bonds. The van der Waals surface area contributed by atoms with Crippen molar-refractivity contribution in [1.82, 2.24) is 14.8 Å². The number of carbonyl (C=O) groups is 2. The fourth-order valence-corrected chi connectivity index (χ4v) is 4.40. The van der Waals surface area contributed by atoms with Gasteiger partial charge in [0.15, 0.2) is 0 Å². The Morgan fingerprint density at radius 3 is 2.20 bits per heavy atom. The Labute approximate surface area is 180 Å². The lowest BCUT2D eigenvalue weighted by Gasteiger charge is -2.44. The van der Waals surface area contributed by atoms with Crippen molar-refractivity contribution in [2.75, 3.05) is 27.2 Å². The normalized spacial score (nSPS) is 19.4. The zero-order valence-corrected chi connectivity index (χ0v) is 18.8. The fourth-order valence-electron chi connectivity index (χ4n) is 4.40. The smallest absolute Gasteiger partial charge is 0.230 e. The van der Waals surface area contributed by atoms with Crippen molar-refractivity contribution in [2.45, 2.75) is 40.0 Å². The van der Waals surface area contributed by atoms with Crippen molar-refractivity contribution in [2.24, 2.45) is 10.8 Å². The van der Waals surface area contributed by atoms with E-state index in [2.05, 4.69) is 29.2 Å². The van der Waals surface area contributed by atoms with E-state index >= 15 is 0 Å². The van der Waals surface area contributed by atoms with Gasteiger partial charge < -0.3 is 9.80 Å². The maximum Gasteiger partial charge on any atom is 0.230 e. The van der Waals surface area contributed by atoms with E-state index in [1.807, 2.05) is 37.8 Å². The Balaban J connectivity index is 1.87. The van der Waals surface area contributed by atoms with Gasteiger partial charge in [-0.25, -0.2) is 0 Å². The average Bonchev–Trinajstić information content (AvgIpc) is 2.73. The molecule has 5 heteroatoms. The average molecular weight is 408 g/mol. The molecule has 0 aliphatic carbocycles. The summed E-state index contributed by atoms with van der Waals surface area (Å²) >= 11 is 0. The number of pyridine rings is 1. The van der Waals surface area contributed by atoms with Crippen LogP contribution in [0.5, 0.6) is 0 Å². The molecular weight excluding hydrogens is 374 g/mol. The van der Waals surface area contributed by atoms with Gasteiger partial charge in [0.2, 0.25) is 11.8 Å². The molecule has 1 aliphatic rings. The Kier molecular flexibility index (Phi) is 6.30. The molecule has 0 radical (unpaired) electrons. The first-order chi connectivity index (χ1) is 14.1. The van der Waals surface area contributed by atoms with Gasteiger partial charge in [0, 0.05) is 45.0 Å². The molecule has 160 valence electrons. The minimum Gasteiger partial charge on any atom is -0.348 e. The molecule has 0 spiro atoms. The number of amides is 2. The topological polar surface area (TPSA) is 53.5 Å². The molecule has 5 nitrogen and oxygen atoms in total. The first-order valence-electron chi connectivity index (χ1n) is 10.6. The van der Waals surface area contributed by atoms with E-state index in [1.165, 1.54) is 0 Å². The quantitative estimate of drug-likeness (QED) is 0.769. The van der Waals surface area contributed by atoms with E-state index in [0.29, 0.717) is 13.0 Å². The number of hydrogen-bond donors (Lipinski definition) is 0. The van der Waals surface area contributed by atoms with Gasteiger partial charge in [0.25, 0.3) is 0 Å². The summed E-state index contributed by atoms with van der Waals surface area (Å²) in [7, 11) is 3.61. The molecule has 0 N–H and O–H groups in total. The summed E-state index contributed by atoms with van der Waals surface area (Å²) in [4.78, 5) is 33.9. The standard InChI is InChI=1S/C25H33N3O2/c1-24(2,3)22(29)28-16-6-13-25(18-28,23(30)27(4)5)17-19-7-9-20(10-8-19)21-11-14-26-15-12-21/h7-12,14-15H,6,13,16-18H2,1-5H3/t25-/m0/s1. The van der Waals surface area contributed by atoms with Gasteiger partial charge in [0.05, 0.1) is 5.41 Å². The molecule has 1 aromatic carbocycles. The molecule has 2 heterocycles. The Morgan fingerprint density at radius 1 is 1.03 bits per heavy atom. The zero-order valence-electron chi connectivity index (χ0n) is 18.8. The Bertz CT molecular complexity index is 885. The SMILES string of the molecule is CN(C)C(=O)[C@]1(Cc2ccc(-c3ccncc3)cc2)CCCN(C(=O)C(C)(C)C)C1. The second kappa shape index (κ2) is 8.58. The van der Waals surface area contributed by atoms with Crippen LogP contribution in [0.3, 0.4) is 0 Å². The molecule has 0 bridgehead atoms. The number of rotatable bonds is 4. The van der Waals surface area contributed by atoms with Crippen LogP contribution in [0.2, 0.25) is 0 Å². The van der Waals surface area contributed by atoms with Gasteiger partial charge >= 0.3 is 0 Å². The van der Waals surface area contributed by atoms with Crippen molar-refractivity contribution in [3.63, 3.8) is 0 Å². The first kappa shape index (κ1) is 22.0. The molecule has 1 aliphatic heterocycles. The van der Waals surface area contributed by atoms with Crippen LogP contribution in [0.15, 0.2) is 48.8 Å². The lowest BCUT2D eigenvalue weighted by atomic mass is 9.73. The van der Waals surface area contributed by atoms with E-state index in [-0.39, 0.29) is 11.8 Å². The van der Waals surface area contributed by atoms with Crippen LogP contribution in [0.25, 0.3) is 11.1 Å². The zero-order chi connectivity index (χ0) is 21.9. The number of hydrogen-bond acceptors (Lipinski definition) is 3. The van der Waals surface area contributed by atoms with Crippen molar-refractivity contribution < 1.29 is 9.59 Å². The third-order valence-electron chi connectivity index (χ3n) is 5.88. The molecular formula is C25H33N3O2. The summed E-state index contributed by atoms with van der Waals surface area (Å²) in [5, 5.41) is 0. The maximum absolute atomic E-state index is 13.3. The summed E-state index contributed by atoms with van der Waals surface area (Å²) in [5.41, 5.74) is 2.34. The molecule has 1 atom stereocenters. The minimum absolute atomic E-state index is 0.104. The second-order valence-corrected chi connectivity index (χ2v) is 9.67. The van der Waals surface area contributed by atoms with Crippen molar-refractivity contribution >= 4 is 11.8 Å². The number of aromatic nitrogens is 1. The summed E-state index contributed by atoms with van der Waals surface area (Å²) < 4.78 is 0. The maximum atomic E-state index is 13.3. The molecule has 0 unspecified atom stereocenters. The van der Waals surface area contributed by atoms with Crippen LogP contribution < -0.4 is 0 Å². The van der Waals surface area contributed by atoms with Crippen LogP contribution in [-0.2, 0) is 16.0 Å². The monoisotopic (exact) mass is 407 g/mol. The lowest BCUT2D eigenvalue weighted by Crippen LogP contribution is -2.55. The highest BCUT2D eigenvalue weighted by Gasteiger charge is 2.45.